The minimum atomic E-state index is -1.54. The van der Waals surface area contributed by atoms with E-state index in [0.29, 0.717) is 16.3 Å². The normalized spacial score (nSPS) is 13.5. The van der Waals surface area contributed by atoms with Crippen molar-refractivity contribution in [2.45, 2.75) is 19.4 Å². The number of nitrogens with one attached hydrogen (secondary N) is 1. The SMILES string of the molecule is CN=Cc1c(N2C(=O)c3ccc(C(=O)N[C@@H](CC(N)=O)C(=O)O)cc3C2=O)sc(C)c1-c1ccc(OC)cc1. The Labute approximate surface area is 226 Å². The lowest BCUT2D eigenvalue weighted by atomic mass is 10.0. The number of nitrogens with zero attached hydrogens (tertiary/aromatic N) is 2. The summed E-state index contributed by atoms with van der Waals surface area (Å²) in [5.74, 6) is -3.69. The number of benzene rings is 2. The van der Waals surface area contributed by atoms with Crippen molar-refractivity contribution in [2.24, 2.45) is 10.7 Å². The number of carbonyl (C=O) groups excluding carboxylic acids is 4. The van der Waals surface area contributed by atoms with Gasteiger partial charge in [0.2, 0.25) is 5.91 Å². The molecule has 0 fully saturated rings. The highest BCUT2D eigenvalue weighted by Crippen LogP contribution is 2.43. The number of hydrogen-bond acceptors (Lipinski definition) is 8. The van der Waals surface area contributed by atoms with Crippen LogP contribution in [0, 0.1) is 6.92 Å². The summed E-state index contributed by atoms with van der Waals surface area (Å²) in [6.45, 7) is 1.88. The van der Waals surface area contributed by atoms with Crippen molar-refractivity contribution >= 4 is 52.2 Å². The molecule has 0 radical (unpaired) electrons. The van der Waals surface area contributed by atoms with Gasteiger partial charge in [-0.3, -0.25) is 24.2 Å². The molecule has 1 atom stereocenters. The van der Waals surface area contributed by atoms with Crippen LogP contribution in [0.5, 0.6) is 5.75 Å². The predicted octanol–water partition coefficient (Wildman–Crippen LogP) is 2.64. The van der Waals surface area contributed by atoms with E-state index >= 15 is 0 Å². The third-order valence-corrected chi connectivity index (χ3v) is 7.21. The van der Waals surface area contributed by atoms with Gasteiger partial charge in [0.05, 0.1) is 24.7 Å². The lowest BCUT2D eigenvalue weighted by Crippen LogP contribution is -2.43. The van der Waals surface area contributed by atoms with Crippen molar-refractivity contribution in [1.82, 2.24) is 5.32 Å². The third kappa shape index (κ3) is 5.14. The smallest absolute Gasteiger partial charge is 0.326 e. The van der Waals surface area contributed by atoms with E-state index in [1.54, 1.807) is 20.4 Å². The number of anilines is 1. The van der Waals surface area contributed by atoms with Gasteiger partial charge in [-0.1, -0.05) is 12.1 Å². The van der Waals surface area contributed by atoms with E-state index in [4.69, 9.17) is 10.5 Å². The first-order valence-electron chi connectivity index (χ1n) is 11.6. The topological polar surface area (TPSA) is 168 Å². The minimum Gasteiger partial charge on any atom is -0.497 e. The van der Waals surface area contributed by atoms with Gasteiger partial charge in [0.15, 0.2) is 0 Å². The molecule has 0 saturated heterocycles. The van der Waals surface area contributed by atoms with Gasteiger partial charge in [0.25, 0.3) is 17.7 Å². The Morgan fingerprint density at radius 1 is 1.13 bits per heavy atom. The number of hydrogen-bond donors (Lipinski definition) is 3. The zero-order chi connectivity index (χ0) is 28.4. The van der Waals surface area contributed by atoms with Crippen LogP contribution < -0.4 is 20.7 Å². The molecular weight excluding hydrogens is 524 g/mol. The number of aryl methyl sites for hydroxylation is 1. The molecule has 0 aliphatic carbocycles. The van der Waals surface area contributed by atoms with Crippen molar-refractivity contribution in [3.05, 3.63) is 69.6 Å². The number of primary amides is 1. The van der Waals surface area contributed by atoms with Crippen LogP contribution in [0.25, 0.3) is 11.1 Å². The monoisotopic (exact) mass is 548 g/mol. The number of thiophene rings is 1. The molecule has 39 heavy (non-hydrogen) atoms. The second kappa shape index (κ2) is 10.9. The highest BCUT2D eigenvalue weighted by Gasteiger charge is 2.40. The van der Waals surface area contributed by atoms with Gasteiger partial charge in [-0.05, 0) is 42.8 Å². The maximum atomic E-state index is 13.5. The van der Waals surface area contributed by atoms with Crippen molar-refractivity contribution in [2.75, 3.05) is 19.1 Å². The molecule has 4 amide bonds. The summed E-state index contributed by atoms with van der Waals surface area (Å²) in [4.78, 5) is 68.2. The maximum Gasteiger partial charge on any atom is 0.326 e. The molecule has 200 valence electrons. The average Bonchev–Trinajstić information content (AvgIpc) is 3.35. The van der Waals surface area contributed by atoms with Crippen LogP contribution in [0.15, 0.2) is 47.5 Å². The second-order valence-electron chi connectivity index (χ2n) is 8.61. The summed E-state index contributed by atoms with van der Waals surface area (Å²) in [5.41, 5.74) is 7.36. The number of imide groups is 1. The van der Waals surface area contributed by atoms with Crippen LogP contribution in [0.3, 0.4) is 0 Å². The summed E-state index contributed by atoms with van der Waals surface area (Å²) in [5, 5.41) is 11.9. The number of aliphatic imine (C=N–C) groups is 1. The first kappa shape index (κ1) is 27.2. The molecule has 1 aliphatic rings. The average molecular weight is 549 g/mol. The first-order chi connectivity index (χ1) is 18.6. The van der Waals surface area contributed by atoms with Crippen molar-refractivity contribution in [3.8, 4) is 16.9 Å². The largest absolute Gasteiger partial charge is 0.497 e. The number of carbonyl (C=O) groups is 5. The lowest BCUT2D eigenvalue weighted by Gasteiger charge is -2.13. The molecular formula is C27H24N4O7S. The second-order valence-corrected chi connectivity index (χ2v) is 9.81. The highest BCUT2D eigenvalue weighted by atomic mass is 32.1. The van der Waals surface area contributed by atoms with E-state index in [1.807, 2.05) is 31.2 Å². The van der Waals surface area contributed by atoms with Crippen LogP contribution in [-0.2, 0) is 9.59 Å². The fourth-order valence-corrected chi connectivity index (χ4v) is 5.43. The standard InChI is InChI=1S/C27H24N4O7S/c1-13-22(14-4-7-16(38-3)8-5-14)19(12-29-2)26(39-13)31-24(34)17-9-6-15(10-18(17)25(31)35)23(33)30-20(27(36)37)11-21(28)32/h4-10,12,20H,11H2,1-3H3,(H2,28,32)(H,30,33)(H,36,37)/t20-/m0/s1. The predicted molar refractivity (Wildman–Crippen MR) is 145 cm³/mol. The number of ether oxygens (including phenoxy) is 1. The maximum absolute atomic E-state index is 13.5. The fourth-order valence-electron chi connectivity index (χ4n) is 4.29. The number of methoxy groups -OCH3 is 1. The van der Waals surface area contributed by atoms with Crippen molar-refractivity contribution in [1.29, 1.82) is 0 Å². The fraction of sp³-hybridized carbons (Fsp3) is 0.185. The molecule has 1 aliphatic heterocycles. The highest BCUT2D eigenvalue weighted by molar-refractivity contribution is 7.17. The Morgan fingerprint density at radius 2 is 1.79 bits per heavy atom. The summed E-state index contributed by atoms with van der Waals surface area (Å²) < 4.78 is 5.24. The van der Waals surface area contributed by atoms with Gasteiger partial charge in [-0.2, -0.15) is 0 Å². The molecule has 0 spiro atoms. The van der Waals surface area contributed by atoms with E-state index < -0.39 is 42.1 Å². The molecule has 11 nitrogen and oxygen atoms in total. The number of carboxylic acid groups (broad SMARTS) is 1. The van der Waals surface area contributed by atoms with Gasteiger partial charge < -0.3 is 20.9 Å². The summed E-state index contributed by atoms with van der Waals surface area (Å²) >= 11 is 1.26. The Morgan fingerprint density at radius 3 is 2.38 bits per heavy atom. The molecule has 1 aromatic heterocycles. The van der Waals surface area contributed by atoms with Crippen LogP contribution in [0.1, 0.15) is 47.9 Å². The molecule has 2 aromatic carbocycles. The van der Waals surface area contributed by atoms with E-state index in [-0.39, 0.29) is 16.7 Å². The summed E-state index contributed by atoms with van der Waals surface area (Å²) in [6, 6.07) is 9.71. The third-order valence-electron chi connectivity index (χ3n) is 6.10. The molecule has 4 N–H and O–H groups in total. The molecule has 2 heterocycles. The Balaban J connectivity index is 1.71. The van der Waals surface area contributed by atoms with E-state index in [2.05, 4.69) is 10.3 Å². The van der Waals surface area contributed by atoms with E-state index in [1.165, 1.54) is 29.5 Å². The van der Waals surface area contributed by atoms with Crippen molar-refractivity contribution < 1.29 is 33.8 Å². The molecule has 0 bridgehead atoms. The van der Waals surface area contributed by atoms with Gasteiger partial charge in [0.1, 0.15) is 16.8 Å². The lowest BCUT2D eigenvalue weighted by molar-refractivity contribution is -0.140. The quantitative estimate of drug-likeness (QED) is 0.273. The number of amides is 4. The van der Waals surface area contributed by atoms with Crippen LogP contribution in [0.4, 0.5) is 5.00 Å². The van der Waals surface area contributed by atoms with E-state index in [0.717, 1.165) is 20.9 Å². The van der Waals surface area contributed by atoms with Gasteiger partial charge >= 0.3 is 5.97 Å². The minimum absolute atomic E-state index is 0.00846. The zero-order valence-corrected chi connectivity index (χ0v) is 22.0. The number of fused-ring (bicyclic) bond motifs is 1. The van der Waals surface area contributed by atoms with Crippen LogP contribution >= 0.6 is 11.3 Å². The number of rotatable bonds is 9. The molecule has 0 unspecified atom stereocenters. The Hall–Kier alpha value is -4.84. The summed E-state index contributed by atoms with van der Waals surface area (Å²) in [6.07, 6.45) is 0.985. The zero-order valence-electron chi connectivity index (χ0n) is 21.2. The first-order valence-corrected chi connectivity index (χ1v) is 12.4. The number of carboxylic acids is 1. The number of aliphatic carboxylic acids is 1. The van der Waals surface area contributed by atoms with Gasteiger partial charge in [-0.15, -0.1) is 11.3 Å². The molecule has 12 heteroatoms. The Bertz CT molecular complexity index is 1540. The Kier molecular flexibility index (Phi) is 7.58. The molecule has 3 aromatic rings. The molecule has 0 saturated carbocycles. The summed E-state index contributed by atoms with van der Waals surface area (Å²) in [7, 11) is 3.16. The van der Waals surface area contributed by atoms with Gasteiger partial charge in [0, 0.05) is 34.8 Å². The van der Waals surface area contributed by atoms with E-state index in [9.17, 15) is 29.1 Å². The van der Waals surface area contributed by atoms with Crippen LogP contribution in [0.2, 0.25) is 0 Å². The van der Waals surface area contributed by atoms with Crippen LogP contribution in [-0.4, -0.2) is 61.1 Å². The van der Waals surface area contributed by atoms with Crippen molar-refractivity contribution in [3.63, 3.8) is 0 Å². The number of nitrogens with two attached hydrogens (primary N) is 1. The van der Waals surface area contributed by atoms with Gasteiger partial charge in [-0.25, -0.2) is 9.69 Å². The molecule has 4 rings (SSSR count).